The summed E-state index contributed by atoms with van der Waals surface area (Å²) in [4.78, 5) is 15.4. The van der Waals surface area contributed by atoms with Crippen molar-refractivity contribution < 1.29 is 22.5 Å². The fraction of sp³-hybridized carbons (Fsp3) is 0.250. The SMILES string of the molecule is COC(=O)c1ccc(-c2noc(CNS(C)(=O)=O)n2)cc1. The fourth-order valence-electron chi connectivity index (χ4n) is 1.51. The number of benzene rings is 1. The van der Waals surface area contributed by atoms with Gasteiger partial charge in [0.25, 0.3) is 0 Å². The maximum Gasteiger partial charge on any atom is 0.337 e. The van der Waals surface area contributed by atoms with E-state index in [2.05, 4.69) is 19.6 Å². The van der Waals surface area contributed by atoms with Crippen LogP contribution in [-0.4, -0.2) is 37.9 Å². The summed E-state index contributed by atoms with van der Waals surface area (Å²) in [6, 6.07) is 6.44. The summed E-state index contributed by atoms with van der Waals surface area (Å²) in [5.41, 5.74) is 1.04. The summed E-state index contributed by atoms with van der Waals surface area (Å²) < 4.78 is 33.7. The van der Waals surface area contributed by atoms with Crippen LogP contribution in [-0.2, 0) is 21.3 Å². The molecule has 0 fully saturated rings. The smallest absolute Gasteiger partial charge is 0.337 e. The third kappa shape index (κ3) is 4.10. The van der Waals surface area contributed by atoms with E-state index in [9.17, 15) is 13.2 Å². The molecule has 1 N–H and O–H groups in total. The third-order valence-electron chi connectivity index (χ3n) is 2.52. The van der Waals surface area contributed by atoms with E-state index in [1.54, 1.807) is 24.3 Å². The number of ether oxygens (including phenoxy) is 1. The highest BCUT2D eigenvalue weighted by atomic mass is 32.2. The van der Waals surface area contributed by atoms with Gasteiger partial charge in [-0.3, -0.25) is 0 Å². The van der Waals surface area contributed by atoms with Crippen molar-refractivity contribution in [2.24, 2.45) is 0 Å². The van der Waals surface area contributed by atoms with Gasteiger partial charge in [0.15, 0.2) is 0 Å². The van der Waals surface area contributed by atoms with Crippen molar-refractivity contribution in [3.8, 4) is 11.4 Å². The van der Waals surface area contributed by atoms with E-state index in [-0.39, 0.29) is 12.4 Å². The van der Waals surface area contributed by atoms with Crippen LogP contribution in [0.15, 0.2) is 28.8 Å². The summed E-state index contributed by atoms with van der Waals surface area (Å²) in [6.45, 7) is -0.0773. The Bertz CT molecular complexity index is 737. The molecule has 2 aromatic rings. The number of sulfonamides is 1. The van der Waals surface area contributed by atoms with E-state index in [0.29, 0.717) is 17.0 Å². The molecule has 1 aromatic heterocycles. The van der Waals surface area contributed by atoms with E-state index in [0.717, 1.165) is 6.26 Å². The standard InChI is InChI=1S/C12H13N3O5S/c1-19-12(16)9-5-3-8(4-6-9)11-14-10(20-15-11)7-13-21(2,17)18/h3-6,13H,7H2,1-2H3. The molecule has 0 bridgehead atoms. The number of carbonyl (C=O) groups excluding carboxylic acids is 1. The van der Waals surface area contributed by atoms with Gasteiger partial charge in [0.05, 0.1) is 25.5 Å². The molecule has 0 aliphatic heterocycles. The van der Waals surface area contributed by atoms with E-state index in [1.165, 1.54) is 7.11 Å². The van der Waals surface area contributed by atoms with Gasteiger partial charge < -0.3 is 9.26 Å². The van der Waals surface area contributed by atoms with E-state index < -0.39 is 16.0 Å². The van der Waals surface area contributed by atoms with Gasteiger partial charge in [-0.15, -0.1) is 0 Å². The second kappa shape index (κ2) is 6.02. The van der Waals surface area contributed by atoms with E-state index in [1.807, 2.05) is 0 Å². The Morgan fingerprint density at radius 3 is 2.57 bits per heavy atom. The molecule has 0 aliphatic rings. The predicted molar refractivity (Wildman–Crippen MR) is 72.8 cm³/mol. The molecule has 0 saturated heterocycles. The maximum absolute atomic E-state index is 11.3. The zero-order valence-corrected chi connectivity index (χ0v) is 12.2. The summed E-state index contributed by atoms with van der Waals surface area (Å²) in [6.07, 6.45) is 1.04. The molecular formula is C12H13N3O5S. The van der Waals surface area contributed by atoms with Crippen molar-refractivity contribution in [1.29, 1.82) is 0 Å². The Kier molecular flexibility index (Phi) is 4.34. The van der Waals surface area contributed by atoms with Gasteiger partial charge in [-0.2, -0.15) is 4.98 Å². The number of aromatic nitrogens is 2. The lowest BCUT2D eigenvalue weighted by Crippen LogP contribution is -2.21. The van der Waals surface area contributed by atoms with Crippen molar-refractivity contribution in [3.05, 3.63) is 35.7 Å². The zero-order valence-electron chi connectivity index (χ0n) is 11.4. The minimum absolute atomic E-state index is 0.0773. The van der Waals surface area contributed by atoms with Crippen LogP contribution in [0.25, 0.3) is 11.4 Å². The monoisotopic (exact) mass is 311 g/mol. The highest BCUT2D eigenvalue weighted by Gasteiger charge is 2.11. The lowest BCUT2D eigenvalue weighted by Gasteiger charge is -1.99. The van der Waals surface area contributed by atoms with Crippen LogP contribution in [0.4, 0.5) is 0 Å². The minimum atomic E-state index is -3.32. The second-order valence-corrected chi connectivity index (χ2v) is 6.01. The first-order valence-corrected chi connectivity index (χ1v) is 7.74. The van der Waals surface area contributed by atoms with Gasteiger partial charge in [-0.1, -0.05) is 17.3 Å². The maximum atomic E-state index is 11.3. The van der Waals surface area contributed by atoms with Crippen molar-refractivity contribution in [1.82, 2.24) is 14.9 Å². The van der Waals surface area contributed by atoms with Crippen LogP contribution in [0.1, 0.15) is 16.2 Å². The van der Waals surface area contributed by atoms with Gasteiger partial charge in [-0.05, 0) is 12.1 Å². The van der Waals surface area contributed by atoms with Crippen molar-refractivity contribution in [2.75, 3.05) is 13.4 Å². The average molecular weight is 311 g/mol. The summed E-state index contributed by atoms with van der Waals surface area (Å²) in [7, 11) is -2.02. The van der Waals surface area contributed by atoms with Crippen LogP contribution in [0.3, 0.4) is 0 Å². The molecule has 0 amide bonds. The number of hydrogen-bond donors (Lipinski definition) is 1. The average Bonchev–Trinajstić information content (AvgIpc) is 2.93. The van der Waals surface area contributed by atoms with Crippen molar-refractivity contribution in [3.63, 3.8) is 0 Å². The molecule has 2 rings (SSSR count). The Balaban J connectivity index is 2.12. The molecule has 1 aromatic carbocycles. The Labute approximate surface area is 121 Å². The molecule has 0 aliphatic carbocycles. The van der Waals surface area contributed by atoms with Crippen LogP contribution < -0.4 is 4.72 Å². The summed E-state index contributed by atoms with van der Waals surface area (Å²) in [5, 5.41) is 3.74. The zero-order chi connectivity index (χ0) is 15.5. The largest absolute Gasteiger partial charge is 0.465 e. The molecular weight excluding hydrogens is 298 g/mol. The number of nitrogens with zero attached hydrogens (tertiary/aromatic N) is 2. The molecule has 9 heteroatoms. The molecule has 0 unspecified atom stereocenters. The molecule has 0 atom stereocenters. The molecule has 0 radical (unpaired) electrons. The van der Waals surface area contributed by atoms with Crippen molar-refractivity contribution >= 4 is 16.0 Å². The van der Waals surface area contributed by atoms with Gasteiger partial charge in [-0.25, -0.2) is 17.9 Å². The summed E-state index contributed by atoms with van der Waals surface area (Å²) in [5.74, 6) is 0.0110. The number of carbonyl (C=O) groups is 1. The van der Waals surface area contributed by atoms with Crippen LogP contribution >= 0.6 is 0 Å². The molecule has 1 heterocycles. The normalized spacial score (nSPS) is 11.3. The first kappa shape index (κ1) is 15.1. The molecule has 21 heavy (non-hydrogen) atoms. The van der Waals surface area contributed by atoms with E-state index >= 15 is 0 Å². The number of esters is 1. The Morgan fingerprint density at radius 1 is 1.33 bits per heavy atom. The quantitative estimate of drug-likeness (QED) is 0.803. The highest BCUT2D eigenvalue weighted by Crippen LogP contribution is 2.17. The Hall–Kier alpha value is -2.26. The van der Waals surface area contributed by atoms with Gasteiger partial charge in [0, 0.05) is 5.56 Å². The van der Waals surface area contributed by atoms with Crippen LogP contribution in [0.2, 0.25) is 0 Å². The number of hydrogen-bond acceptors (Lipinski definition) is 7. The number of rotatable bonds is 5. The molecule has 112 valence electrons. The van der Waals surface area contributed by atoms with Crippen LogP contribution in [0.5, 0.6) is 0 Å². The topological polar surface area (TPSA) is 111 Å². The molecule has 0 spiro atoms. The lowest BCUT2D eigenvalue weighted by atomic mass is 10.1. The first-order chi connectivity index (χ1) is 9.89. The molecule has 8 nitrogen and oxygen atoms in total. The number of nitrogens with one attached hydrogen (secondary N) is 1. The summed E-state index contributed by atoms with van der Waals surface area (Å²) >= 11 is 0. The minimum Gasteiger partial charge on any atom is -0.465 e. The second-order valence-electron chi connectivity index (χ2n) is 4.17. The van der Waals surface area contributed by atoms with Crippen molar-refractivity contribution in [2.45, 2.75) is 6.54 Å². The lowest BCUT2D eigenvalue weighted by molar-refractivity contribution is 0.0600. The molecule has 0 saturated carbocycles. The highest BCUT2D eigenvalue weighted by molar-refractivity contribution is 7.88. The predicted octanol–water partition coefficient (Wildman–Crippen LogP) is 0.572. The van der Waals surface area contributed by atoms with Gasteiger partial charge >= 0.3 is 5.97 Å². The third-order valence-corrected chi connectivity index (χ3v) is 3.19. The van der Waals surface area contributed by atoms with Crippen LogP contribution in [0, 0.1) is 0 Å². The van der Waals surface area contributed by atoms with Gasteiger partial charge in [0.1, 0.15) is 0 Å². The Morgan fingerprint density at radius 2 is 2.00 bits per heavy atom. The first-order valence-electron chi connectivity index (χ1n) is 5.85. The van der Waals surface area contributed by atoms with E-state index in [4.69, 9.17) is 4.52 Å². The number of methoxy groups -OCH3 is 1. The fourth-order valence-corrected chi connectivity index (χ4v) is 1.90. The van der Waals surface area contributed by atoms with Gasteiger partial charge in [0.2, 0.25) is 21.7 Å².